The molecule has 2 amide bonds. The summed E-state index contributed by atoms with van der Waals surface area (Å²) in [5, 5.41) is 10.4. The number of ether oxygens (including phenoxy) is 1. The van der Waals surface area contributed by atoms with Crippen molar-refractivity contribution in [2.45, 2.75) is 43.6 Å². The molecule has 2 rings (SSSR count). The molecule has 126 valence electrons. The summed E-state index contributed by atoms with van der Waals surface area (Å²) < 4.78 is 31.6. The summed E-state index contributed by atoms with van der Waals surface area (Å²) in [6.07, 6.45) is -0.618. The van der Waals surface area contributed by atoms with E-state index in [1.54, 1.807) is 0 Å². The fraction of sp³-hybridized carbons (Fsp3) is 0.857. The van der Waals surface area contributed by atoms with Gasteiger partial charge in [0.2, 0.25) is 17.7 Å². The summed E-state index contributed by atoms with van der Waals surface area (Å²) in [6.45, 7) is 0.354. The second-order valence-electron chi connectivity index (χ2n) is 6.31. The molecule has 6 nitrogen and oxygen atoms in total. The van der Waals surface area contributed by atoms with Gasteiger partial charge in [-0.25, -0.2) is 8.78 Å². The molecule has 0 radical (unpaired) electrons. The van der Waals surface area contributed by atoms with Crippen molar-refractivity contribution in [1.29, 1.82) is 0 Å². The van der Waals surface area contributed by atoms with Gasteiger partial charge < -0.3 is 20.5 Å². The number of carbonyl (C=O) groups is 2. The van der Waals surface area contributed by atoms with Crippen molar-refractivity contribution in [1.82, 2.24) is 4.90 Å². The van der Waals surface area contributed by atoms with E-state index in [1.807, 2.05) is 0 Å². The number of hydrogen-bond donors (Lipinski definition) is 2. The molecule has 0 aromatic heterocycles. The van der Waals surface area contributed by atoms with Gasteiger partial charge in [-0.3, -0.25) is 9.59 Å². The highest BCUT2D eigenvalue weighted by atomic mass is 19.3. The molecular weight excluding hydrogens is 298 g/mol. The third-order valence-electron chi connectivity index (χ3n) is 4.24. The van der Waals surface area contributed by atoms with Crippen LogP contribution in [0.2, 0.25) is 0 Å². The van der Waals surface area contributed by atoms with Crippen LogP contribution >= 0.6 is 0 Å². The van der Waals surface area contributed by atoms with Crippen molar-refractivity contribution >= 4 is 11.8 Å². The van der Waals surface area contributed by atoms with Gasteiger partial charge in [0.25, 0.3) is 0 Å². The van der Waals surface area contributed by atoms with Crippen LogP contribution in [0.3, 0.4) is 0 Å². The number of nitrogens with zero attached hydrogens (tertiary/aromatic N) is 1. The molecule has 1 saturated carbocycles. The predicted octanol–water partition coefficient (Wildman–Crippen LogP) is 0.277. The number of hydrogen-bond acceptors (Lipinski definition) is 4. The third kappa shape index (κ3) is 4.36. The van der Waals surface area contributed by atoms with E-state index in [0.29, 0.717) is 0 Å². The van der Waals surface area contributed by atoms with Gasteiger partial charge in [-0.2, -0.15) is 0 Å². The Kier molecular flexibility index (Phi) is 5.01. The summed E-state index contributed by atoms with van der Waals surface area (Å²) >= 11 is 0. The lowest BCUT2D eigenvalue weighted by atomic mass is 9.85. The summed E-state index contributed by atoms with van der Waals surface area (Å²) in [5.41, 5.74) is 3.60. The van der Waals surface area contributed by atoms with Crippen LogP contribution in [0.1, 0.15) is 32.1 Å². The third-order valence-corrected chi connectivity index (χ3v) is 4.24. The SMILES string of the molecule is NC(=O)CC1(O)COCCN(C(=O)C2CCC(F)(F)CC2)C1. The van der Waals surface area contributed by atoms with E-state index in [9.17, 15) is 23.5 Å². The minimum atomic E-state index is -2.69. The molecule has 3 N–H and O–H groups in total. The number of alkyl halides is 2. The van der Waals surface area contributed by atoms with Crippen LogP contribution in [0, 0.1) is 5.92 Å². The zero-order valence-corrected chi connectivity index (χ0v) is 12.4. The number of nitrogens with two attached hydrogens (primary N) is 1. The molecule has 2 aliphatic rings. The number of primary amides is 1. The number of carbonyl (C=O) groups excluding carboxylic acids is 2. The molecule has 1 saturated heterocycles. The highest BCUT2D eigenvalue weighted by molar-refractivity contribution is 5.79. The molecule has 22 heavy (non-hydrogen) atoms. The average molecular weight is 320 g/mol. The van der Waals surface area contributed by atoms with Crippen molar-refractivity contribution in [3.63, 3.8) is 0 Å². The van der Waals surface area contributed by atoms with Crippen LogP contribution in [-0.2, 0) is 14.3 Å². The number of rotatable bonds is 3. The van der Waals surface area contributed by atoms with E-state index < -0.39 is 23.3 Å². The number of aliphatic hydroxyl groups is 1. The molecule has 8 heteroatoms. The topological polar surface area (TPSA) is 92.9 Å². The van der Waals surface area contributed by atoms with Crippen LogP contribution in [-0.4, -0.2) is 59.6 Å². The zero-order valence-electron chi connectivity index (χ0n) is 12.4. The van der Waals surface area contributed by atoms with Crippen LogP contribution < -0.4 is 5.73 Å². The van der Waals surface area contributed by atoms with Crippen LogP contribution in [0.25, 0.3) is 0 Å². The second-order valence-corrected chi connectivity index (χ2v) is 6.31. The molecule has 1 aliphatic heterocycles. The molecule has 0 aromatic carbocycles. The van der Waals surface area contributed by atoms with Crippen molar-refractivity contribution in [2.75, 3.05) is 26.3 Å². The number of amides is 2. The first kappa shape index (κ1) is 17.1. The van der Waals surface area contributed by atoms with Crippen LogP contribution in [0.15, 0.2) is 0 Å². The molecule has 1 unspecified atom stereocenters. The summed E-state index contributed by atoms with van der Waals surface area (Å²) in [6, 6.07) is 0. The minimum Gasteiger partial charge on any atom is -0.385 e. The molecule has 0 spiro atoms. The summed E-state index contributed by atoms with van der Waals surface area (Å²) in [7, 11) is 0. The fourth-order valence-electron chi connectivity index (χ4n) is 3.08. The molecular formula is C14H22F2N2O4. The van der Waals surface area contributed by atoms with Gasteiger partial charge in [-0.15, -0.1) is 0 Å². The van der Waals surface area contributed by atoms with Gasteiger partial charge in [-0.1, -0.05) is 0 Å². The lowest BCUT2D eigenvalue weighted by Crippen LogP contribution is -2.50. The largest absolute Gasteiger partial charge is 0.385 e. The Morgan fingerprint density at radius 2 is 1.95 bits per heavy atom. The second kappa shape index (κ2) is 6.45. The van der Waals surface area contributed by atoms with Gasteiger partial charge in [-0.05, 0) is 12.8 Å². The first-order valence-corrected chi connectivity index (χ1v) is 7.46. The zero-order chi connectivity index (χ0) is 16.4. The normalized spacial score (nSPS) is 29.9. The Bertz CT molecular complexity index is 437. The highest BCUT2D eigenvalue weighted by Crippen LogP contribution is 2.37. The van der Waals surface area contributed by atoms with Gasteiger partial charge in [0, 0.05) is 25.3 Å². The minimum absolute atomic E-state index is 0.0678. The number of β-amino-alcohol motifs (C(OH)–C–C–N with tert-alkyl or cyclic N) is 1. The molecule has 1 atom stereocenters. The van der Waals surface area contributed by atoms with Crippen LogP contribution in [0.4, 0.5) is 8.78 Å². The van der Waals surface area contributed by atoms with Crippen molar-refractivity contribution in [3.8, 4) is 0 Å². The monoisotopic (exact) mass is 320 g/mol. The van der Waals surface area contributed by atoms with E-state index in [0.717, 1.165) is 0 Å². The standard InChI is InChI=1S/C14H22F2N2O4/c15-14(16)3-1-10(2-4-14)12(20)18-5-6-22-9-13(21,8-18)7-11(17)19/h10,21H,1-9H2,(H2,17,19). The Labute approximate surface area is 127 Å². The molecule has 1 heterocycles. The lowest BCUT2D eigenvalue weighted by molar-refractivity contribution is -0.144. The van der Waals surface area contributed by atoms with Crippen molar-refractivity contribution in [2.24, 2.45) is 11.7 Å². The van der Waals surface area contributed by atoms with Crippen molar-refractivity contribution in [3.05, 3.63) is 0 Å². The average Bonchev–Trinajstić information content (AvgIpc) is 2.59. The molecule has 2 fully saturated rings. The quantitative estimate of drug-likeness (QED) is 0.781. The van der Waals surface area contributed by atoms with E-state index >= 15 is 0 Å². The molecule has 1 aliphatic carbocycles. The fourth-order valence-corrected chi connectivity index (χ4v) is 3.08. The van der Waals surface area contributed by atoms with Crippen molar-refractivity contribution < 1.29 is 28.2 Å². The Balaban J connectivity index is 2.00. The van der Waals surface area contributed by atoms with Gasteiger partial charge >= 0.3 is 0 Å². The van der Waals surface area contributed by atoms with E-state index in [2.05, 4.69) is 0 Å². The molecule has 0 aromatic rings. The highest BCUT2D eigenvalue weighted by Gasteiger charge is 2.41. The first-order valence-electron chi connectivity index (χ1n) is 7.46. The predicted molar refractivity (Wildman–Crippen MR) is 73.1 cm³/mol. The van der Waals surface area contributed by atoms with E-state index in [-0.39, 0.29) is 64.3 Å². The van der Waals surface area contributed by atoms with E-state index in [1.165, 1.54) is 4.90 Å². The van der Waals surface area contributed by atoms with E-state index in [4.69, 9.17) is 10.5 Å². The summed E-state index contributed by atoms with van der Waals surface area (Å²) in [5.74, 6) is -4.09. The maximum Gasteiger partial charge on any atom is 0.248 e. The Morgan fingerprint density at radius 3 is 2.55 bits per heavy atom. The van der Waals surface area contributed by atoms with Gasteiger partial charge in [0.15, 0.2) is 0 Å². The number of halogens is 2. The smallest absolute Gasteiger partial charge is 0.248 e. The van der Waals surface area contributed by atoms with Gasteiger partial charge in [0.05, 0.1) is 26.2 Å². The summed E-state index contributed by atoms with van der Waals surface area (Å²) in [4.78, 5) is 25.0. The maximum absolute atomic E-state index is 13.2. The lowest BCUT2D eigenvalue weighted by Gasteiger charge is -2.34. The maximum atomic E-state index is 13.2. The Hall–Kier alpha value is -1.28. The van der Waals surface area contributed by atoms with Gasteiger partial charge in [0.1, 0.15) is 5.60 Å². The molecule has 0 bridgehead atoms. The van der Waals surface area contributed by atoms with Crippen LogP contribution in [0.5, 0.6) is 0 Å². The Morgan fingerprint density at radius 1 is 1.32 bits per heavy atom. The first-order chi connectivity index (χ1) is 10.2.